The molecule has 3 heteroatoms. The van der Waals surface area contributed by atoms with Crippen LogP contribution in [-0.4, -0.2) is 4.57 Å². The normalized spacial score (nSPS) is 11.0. The zero-order valence-electron chi connectivity index (χ0n) is 9.61. The van der Waals surface area contributed by atoms with Gasteiger partial charge < -0.3 is 4.57 Å². The van der Waals surface area contributed by atoms with Crippen molar-refractivity contribution >= 4 is 42.8 Å². The molecule has 1 nitrogen and oxygen atoms in total. The number of aromatic nitrogens is 1. The Morgan fingerprint density at radius 1 is 0.889 bits per heavy atom. The van der Waals surface area contributed by atoms with Crippen molar-refractivity contribution in [3.8, 4) is 0 Å². The molecular weight excluding hydrogens is 354 g/mol. The van der Waals surface area contributed by atoms with Gasteiger partial charge in [0.15, 0.2) is 0 Å². The maximum absolute atomic E-state index is 3.53. The van der Waals surface area contributed by atoms with E-state index in [0.29, 0.717) is 0 Å². The van der Waals surface area contributed by atoms with Gasteiger partial charge in [0.1, 0.15) is 0 Å². The van der Waals surface area contributed by atoms with Crippen molar-refractivity contribution in [3.05, 3.63) is 69.2 Å². The molecule has 0 saturated carbocycles. The summed E-state index contributed by atoms with van der Waals surface area (Å²) in [6, 6.07) is 17.0. The van der Waals surface area contributed by atoms with Gasteiger partial charge in [-0.1, -0.05) is 50.1 Å². The third-order valence-electron chi connectivity index (χ3n) is 2.96. The molecule has 0 fully saturated rings. The number of benzene rings is 2. The Labute approximate surface area is 123 Å². The van der Waals surface area contributed by atoms with Crippen molar-refractivity contribution in [2.75, 3.05) is 0 Å². The van der Waals surface area contributed by atoms with Crippen molar-refractivity contribution in [2.45, 2.75) is 6.54 Å². The first kappa shape index (κ1) is 12.0. The lowest BCUT2D eigenvalue weighted by atomic mass is 10.2. The molecular formula is C15H11Br2N. The van der Waals surface area contributed by atoms with Crippen LogP contribution in [0.4, 0.5) is 0 Å². The van der Waals surface area contributed by atoms with Crippen LogP contribution in [0.3, 0.4) is 0 Å². The Bertz CT molecular complexity index is 680. The van der Waals surface area contributed by atoms with Gasteiger partial charge in [-0.05, 0) is 41.3 Å². The average molecular weight is 365 g/mol. The lowest BCUT2D eigenvalue weighted by Crippen LogP contribution is -1.97. The maximum atomic E-state index is 3.53. The summed E-state index contributed by atoms with van der Waals surface area (Å²) in [5.41, 5.74) is 2.55. The van der Waals surface area contributed by atoms with Crippen molar-refractivity contribution in [1.29, 1.82) is 0 Å². The average Bonchev–Trinajstić information content (AvgIpc) is 2.72. The minimum atomic E-state index is 0.881. The second-order valence-electron chi connectivity index (χ2n) is 4.28. The Morgan fingerprint density at radius 2 is 1.61 bits per heavy atom. The van der Waals surface area contributed by atoms with Gasteiger partial charge >= 0.3 is 0 Å². The first-order valence-corrected chi connectivity index (χ1v) is 7.30. The van der Waals surface area contributed by atoms with Gasteiger partial charge in [0, 0.05) is 27.2 Å². The lowest BCUT2D eigenvalue weighted by Gasteiger charge is -2.07. The summed E-state index contributed by atoms with van der Waals surface area (Å²) in [7, 11) is 0. The van der Waals surface area contributed by atoms with Crippen LogP contribution in [-0.2, 0) is 6.54 Å². The Morgan fingerprint density at radius 3 is 2.39 bits per heavy atom. The van der Waals surface area contributed by atoms with E-state index in [1.807, 2.05) is 0 Å². The third kappa shape index (κ3) is 2.38. The number of hydrogen-bond acceptors (Lipinski definition) is 0. The minimum absolute atomic E-state index is 0.881. The smallest absolute Gasteiger partial charge is 0.0483 e. The Kier molecular flexibility index (Phi) is 3.27. The molecule has 0 saturated heterocycles. The number of nitrogens with zero attached hydrogens (tertiary/aromatic N) is 1. The van der Waals surface area contributed by atoms with Crippen molar-refractivity contribution < 1.29 is 0 Å². The molecule has 3 aromatic rings. The van der Waals surface area contributed by atoms with Crippen LogP contribution in [0.25, 0.3) is 10.9 Å². The number of fused-ring (bicyclic) bond motifs is 1. The van der Waals surface area contributed by atoms with Crippen LogP contribution in [0.5, 0.6) is 0 Å². The zero-order valence-corrected chi connectivity index (χ0v) is 12.8. The van der Waals surface area contributed by atoms with E-state index < -0.39 is 0 Å². The quantitative estimate of drug-likeness (QED) is 0.587. The number of hydrogen-bond donors (Lipinski definition) is 0. The van der Waals surface area contributed by atoms with Crippen LogP contribution in [0.2, 0.25) is 0 Å². The van der Waals surface area contributed by atoms with Crippen LogP contribution in [0.15, 0.2) is 63.7 Å². The molecule has 0 bridgehead atoms. The van der Waals surface area contributed by atoms with Crippen molar-refractivity contribution in [3.63, 3.8) is 0 Å². The molecule has 0 spiro atoms. The van der Waals surface area contributed by atoms with Gasteiger partial charge in [0.2, 0.25) is 0 Å². The fourth-order valence-corrected chi connectivity index (χ4v) is 3.57. The van der Waals surface area contributed by atoms with E-state index in [0.717, 1.165) is 15.5 Å². The molecule has 0 amide bonds. The summed E-state index contributed by atoms with van der Waals surface area (Å²) in [6.45, 7) is 0.881. The summed E-state index contributed by atoms with van der Waals surface area (Å²) >= 11 is 7.06. The minimum Gasteiger partial charge on any atom is -0.343 e. The summed E-state index contributed by atoms with van der Waals surface area (Å²) < 4.78 is 4.47. The monoisotopic (exact) mass is 363 g/mol. The van der Waals surface area contributed by atoms with Crippen LogP contribution < -0.4 is 0 Å². The van der Waals surface area contributed by atoms with Gasteiger partial charge in [-0.15, -0.1) is 0 Å². The highest BCUT2D eigenvalue weighted by molar-refractivity contribution is 9.11. The van der Waals surface area contributed by atoms with Crippen molar-refractivity contribution in [1.82, 2.24) is 4.57 Å². The van der Waals surface area contributed by atoms with Gasteiger partial charge in [-0.3, -0.25) is 0 Å². The molecule has 1 aromatic heterocycles. The second kappa shape index (κ2) is 4.90. The van der Waals surface area contributed by atoms with E-state index in [1.54, 1.807) is 0 Å². The molecule has 2 aromatic carbocycles. The van der Waals surface area contributed by atoms with E-state index in [9.17, 15) is 0 Å². The van der Waals surface area contributed by atoms with E-state index in [-0.39, 0.29) is 0 Å². The summed E-state index contributed by atoms with van der Waals surface area (Å²) in [4.78, 5) is 0. The highest BCUT2D eigenvalue weighted by atomic mass is 79.9. The largest absolute Gasteiger partial charge is 0.343 e. The fraction of sp³-hybridized carbons (Fsp3) is 0.0667. The molecule has 0 aliphatic rings. The third-order valence-corrected chi connectivity index (χ3v) is 3.87. The van der Waals surface area contributed by atoms with E-state index >= 15 is 0 Å². The summed E-state index contributed by atoms with van der Waals surface area (Å²) in [5, 5.41) is 1.28. The fourth-order valence-electron chi connectivity index (χ4n) is 2.18. The standard InChI is InChI=1S/C15H11Br2N/c16-13-7-11(8-14(17)9-13)10-18-6-5-12-3-1-2-4-15(12)18/h1-9H,10H2. The SMILES string of the molecule is Brc1cc(Br)cc(Cn2ccc3ccccc32)c1. The molecule has 0 unspecified atom stereocenters. The predicted octanol–water partition coefficient (Wildman–Crippen LogP) is 5.21. The Balaban J connectivity index is 2.01. The van der Waals surface area contributed by atoms with Crippen LogP contribution >= 0.6 is 31.9 Å². The van der Waals surface area contributed by atoms with Crippen molar-refractivity contribution in [2.24, 2.45) is 0 Å². The van der Waals surface area contributed by atoms with Gasteiger partial charge in [0.25, 0.3) is 0 Å². The molecule has 90 valence electrons. The number of para-hydroxylation sites is 1. The topological polar surface area (TPSA) is 4.93 Å². The van der Waals surface area contributed by atoms with E-state index in [2.05, 4.69) is 91.2 Å². The van der Waals surface area contributed by atoms with Gasteiger partial charge in [0.05, 0.1) is 0 Å². The first-order chi connectivity index (χ1) is 8.72. The number of rotatable bonds is 2. The maximum Gasteiger partial charge on any atom is 0.0483 e. The summed E-state index contributed by atoms with van der Waals surface area (Å²) in [6.07, 6.45) is 2.14. The highest BCUT2D eigenvalue weighted by Gasteiger charge is 2.02. The zero-order chi connectivity index (χ0) is 12.5. The first-order valence-electron chi connectivity index (χ1n) is 5.71. The van der Waals surface area contributed by atoms with Crippen LogP contribution in [0, 0.1) is 0 Å². The van der Waals surface area contributed by atoms with Gasteiger partial charge in [-0.2, -0.15) is 0 Å². The predicted molar refractivity (Wildman–Crippen MR) is 82.9 cm³/mol. The Hall–Kier alpha value is -1.06. The second-order valence-corrected chi connectivity index (χ2v) is 6.11. The molecule has 0 radical (unpaired) electrons. The highest BCUT2D eigenvalue weighted by Crippen LogP contribution is 2.22. The number of halogens is 2. The van der Waals surface area contributed by atoms with E-state index in [4.69, 9.17) is 0 Å². The molecule has 0 aliphatic carbocycles. The molecule has 0 aliphatic heterocycles. The summed E-state index contributed by atoms with van der Waals surface area (Å²) in [5.74, 6) is 0. The molecule has 1 heterocycles. The molecule has 0 N–H and O–H groups in total. The van der Waals surface area contributed by atoms with E-state index in [1.165, 1.54) is 16.5 Å². The van der Waals surface area contributed by atoms with Gasteiger partial charge in [-0.25, -0.2) is 0 Å². The lowest BCUT2D eigenvalue weighted by molar-refractivity contribution is 0.835. The van der Waals surface area contributed by atoms with Crippen LogP contribution in [0.1, 0.15) is 5.56 Å². The molecule has 18 heavy (non-hydrogen) atoms. The molecule has 0 atom stereocenters. The molecule has 3 rings (SSSR count).